The van der Waals surface area contributed by atoms with Crippen LogP contribution >= 0.6 is 0 Å². The zero-order valence-corrected chi connectivity index (χ0v) is 10.9. The standard InChI is InChI=1S/C15H20N2O/c1-16-9-4-7-14(16)15(18)17-10-8-12-5-2-3-6-13(12)11-17/h2-3,5-6,14H,4,7-11H2,1H3. The molecular formula is C15H20N2O. The molecule has 1 fully saturated rings. The minimum atomic E-state index is 0.121. The highest BCUT2D eigenvalue weighted by Crippen LogP contribution is 2.22. The van der Waals surface area contributed by atoms with Crippen molar-refractivity contribution in [1.29, 1.82) is 0 Å². The Balaban J connectivity index is 1.74. The third kappa shape index (κ3) is 2.03. The Morgan fingerprint density at radius 3 is 2.72 bits per heavy atom. The van der Waals surface area contributed by atoms with Crippen LogP contribution in [0.15, 0.2) is 24.3 Å². The van der Waals surface area contributed by atoms with E-state index >= 15 is 0 Å². The smallest absolute Gasteiger partial charge is 0.240 e. The molecular weight excluding hydrogens is 224 g/mol. The first kappa shape index (κ1) is 11.7. The molecule has 3 rings (SSSR count). The van der Waals surface area contributed by atoms with Crippen LogP contribution in [0.5, 0.6) is 0 Å². The molecule has 2 aliphatic rings. The maximum atomic E-state index is 12.5. The molecule has 3 nitrogen and oxygen atoms in total. The molecule has 0 spiro atoms. The second kappa shape index (κ2) is 4.73. The summed E-state index contributed by atoms with van der Waals surface area (Å²) in [6.07, 6.45) is 3.17. The van der Waals surface area contributed by atoms with Gasteiger partial charge in [0.1, 0.15) is 0 Å². The van der Waals surface area contributed by atoms with Crippen molar-refractivity contribution < 1.29 is 4.79 Å². The topological polar surface area (TPSA) is 23.6 Å². The fourth-order valence-corrected chi connectivity index (χ4v) is 3.12. The minimum Gasteiger partial charge on any atom is -0.337 e. The number of amides is 1. The first-order valence-electron chi connectivity index (χ1n) is 6.81. The molecule has 2 heterocycles. The van der Waals surface area contributed by atoms with E-state index in [0.717, 1.165) is 38.9 Å². The van der Waals surface area contributed by atoms with Crippen molar-refractivity contribution in [1.82, 2.24) is 9.80 Å². The fraction of sp³-hybridized carbons (Fsp3) is 0.533. The number of carbonyl (C=O) groups is 1. The first-order chi connectivity index (χ1) is 8.75. The van der Waals surface area contributed by atoms with Crippen LogP contribution in [0.2, 0.25) is 0 Å². The van der Waals surface area contributed by atoms with E-state index in [-0.39, 0.29) is 6.04 Å². The molecule has 96 valence electrons. The summed E-state index contributed by atoms with van der Waals surface area (Å²) in [6, 6.07) is 8.59. The quantitative estimate of drug-likeness (QED) is 0.750. The predicted molar refractivity (Wildman–Crippen MR) is 71.2 cm³/mol. The van der Waals surface area contributed by atoms with Gasteiger partial charge in [-0.2, -0.15) is 0 Å². The highest BCUT2D eigenvalue weighted by molar-refractivity contribution is 5.82. The Hall–Kier alpha value is -1.35. The van der Waals surface area contributed by atoms with Gasteiger partial charge in [-0.15, -0.1) is 0 Å². The molecule has 1 atom stereocenters. The molecule has 1 aromatic carbocycles. The lowest BCUT2D eigenvalue weighted by Crippen LogP contribution is -2.46. The van der Waals surface area contributed by atoms with Gasteiger partial charge in [0.15, 0.2) is 0 Å². The molecule has 0 radical (unpaired) electrons. The van der Waals surface area contributed by atoms with Crippen molar-refractivity contribution in [3.63, 3.8) is 0 Å². The van der Waals surface area contributed by atoms with Gasteiger partial charge < -0.3 is 4.90 Å². The summed E-state index contributed by atoms with van der Waals surface area (Å²) < 4.78 is 0. The summed E-state index contributed by atoms with van der Waals surface area (Å²) >= 11 is 0. The number of hydrogen-bond acceptors (Lipinski definition) is 2. The zero-order valence-electron chi connectivity index (χ0n) is 10.9. The van der Waals surface area contributed by atoms with E-state index in [1.54, 1.807) is 0 Å². The van der Waals surface area contributed by atoms with Gasteiger partial charge in [-0.3, -0.25) is 9.69 Å². The van der Waals surface area contributed by atoms with Crippen LogP contribution in [0, 0.1) is 0 Å². The molecule has 1 aromatic rings. The van der Waals surface area contributed by atoms with Gasteiger partial charge in [0.2, 0.25) is 5.91 Å². The average molecular weight is 244 g/mol. The Bertz CT molecular complexity index is 458. The van der Waals surface area contributed by atoms with Gasteiger partial charge in [-0.1, -0.05) is 24.3 Å². The van der Waals surface area contributed by atoms with Crippen LogP contribution < -0.4 is 0 Å². The molecule has 1 saturated heterocycles. The van der Waals surface area contributed by atoms with Crippen molar-refractivity contribution in [2.75, 3.05) is 20.1 Å². The predicted octanol–water partition coefficient (Wildman–Crippen LogP) is 1.67. The minimum absolute atomic E-state index is 0.121. The Kier molecular flexibility index (Phi) is 3.08. The summed E-state index contributed by atoms with van der Waals surface area (Å²) in [7, 11) is 2.06. The number of hydrogen-bond donors (Lipinski definition) is 0. The lowest BCUT2D eigenvalue weighted by atomic mass is 9.99. The molecule has 0 aromatic heterocycles. The highest BCUT2D eigenvalue weighted by atomic mass is 16.2. The fourth-order valence-electron chi connectivity index (χ4n) is 3.12. The summed E-state index contributed by atoms with van der Waals surface area (Å²) in [4.78, 5) is 16.7. The summed E-state index contributed by atoms with van der Waals surface area (Å²) in [5.74, 6) is 0.324. The largest absolute Gasteiger partial charge is 0.337 e. The van der Waals surface area contributed by atoms with E-state index < -0.39 is 0 Å². The SMILES string of the molecule is CN1CCCC1C(=O)N1CCc2ccccc2C1. The van der Waals surface area contributed by atoms with Crippen molar-refractivity contribution in [3.05, 3.63) is 35.4 Å². The normalized spacial score (nSPS) is 24.1. The van der Waals surface area contributed by atoms with E-state index in [2.05, 4.69) is 36.2 Å². The lowest BCUT2D eigenvalue weighted by molar-refractivity contribution is -0.136. The van der Waals surface area contributed by atoms with Gasteiger partial charge in [-0.25, -0.2) is 0 Å². The zero-order chi connectivity index (χ0) is 12.5. The number of likely N-dealkylation sites (tertiary alicyclic amines) is 1. The number of nitrogens with zero attached hydrogens (tertiary/aromatic N) is 2. The third-order valence-corrected chi connectivity index (χ3v) is 4.25. The first-order valence-corrected chi connectivity index (χ1v) is 6.81. The van der Waals surface area contributed by atoms with Crippen LogP contribution in [0.3, 0.4) is 0 Å². The number of carbonyl (C=O) groups excluding carboxylic acids is 1. The molecule has 0 saturated carbocycles. The van der Waals surface area contributed by atoms with E-state index in [0.29, 0.717) is 5.91 Å². The molecule has 1 unspecified atom stereocenters. The van der Waals surface area contributed by atoms with Gasteiger partial charge in [-0.05, 0) is 44.0 Å². The second-order valence-corrected chi connectivity index (χ2v) is 5.42. The van der Waals surface area contributed by atoms with Crippen molar-refractivity contribution in [2.45, 2.75) is 31.8 Å². The molecule has 0 N–H and O–H groups in total. The van der Waals surface area contributed by atoms with Crippen molar-refractivity contribution in [3.8, 4) is 0 Å². The highest BCUT2D eigenvalue weighted by Gasteiger charge is 2.32. The molecule has 0 bridgehead atoms. The van der Waals surface area contributed by atoms with Crippen LogP contribution in [0.25, 0.3) is 0 Å². The van der Waals surface area contributed by atoms with E-state index in [4.69, 9.17) is 0 Å². The van der Waals surface area contributed by atoms with Gasteiger partial charge in [0.05, 0.1) is 6.04 Å². The Morgan fingerprint density at radius 2 is 2.00 bits per heavy atom. The van der Waals surface area contributed by atoms with Crippen LogP contribution in [-0.2, 0) is 17.8 Å². The number of likely N-dealkylation sites (N-methyl/N-ethyl adjacent to an activating group) is 1. The molecule has 3 heteroatoms. The monoisotopic (exact) mass is 244 g/mol. The van der Waals surface area contributed by atoms with E-state index in [9.17, 15) is 4.79 Å². The molecule has 1 amide bonds. The van der Waals surface area contributed by atoms with Crippen LogP contribution in [0.1, 0.15) is 24.0 Å². The number of fused-ring (bicyclic) bond motifs is 1. The van der Waals surface area contributed by atoms with Gasteiger partial charge in [0, 0.05) is 13.1 Å². The summed E-state index contributed by atoms with van der Waals surface area (Å²) in [5.41, 5.74) is 2.72. The lowest BCUT2D eigenvalue weighted by Gasteiger charge is -2.32. The second-order valence-electron chi connectivity index (χ2n) is 5.42. The van der Waals surface area contributed by atoms with E-state index in [1.165, 1.54) is 11.1 Å². The van der Waals surface area contributed by atoms with Crippen LogP contribution in [0.4, 0.5) is 0 Å². The van der Waals surface area contributed by atoms with Gasteiger partial charge >= 0.3 is 0 Å². The van der Waals surface area contributed by atoms with Crippen molar-refractivity contribution >= 4 is 5.91 Å². The maximum Gasteiger partial charge on any atom is 0.240 e. The Morgan fingerprint density at radius 1 is 1.22 bits per heavy atom. The average Bonchev–Trinajstić information content (AvgIpc) is 2.83. The molecule has 0 aliphatic carbocycles. The number of benzene rings is 1. The molecule has 18 heavy (non-hydrogen) atoms. The number of rotatable bonds is 1. The van der Waals surface area contributed by atoms with Crippen molar-refractivity contribution in [2.24, 2.45) is 0 Å². The summed E-state index contributed by atoms with van der Waals surface area (Å²) in [6.45, 7) is 2.72. The van der Waals surface area contributed by atoms with Gasteiger partial charge in [0.25, 0.3) is 0 Å². The Labute approximate surface area is 108 Å². The van der Waals surface area contributed by atoms with E-state index in [1.807, 2.05) is 4.90 Å². The summed E-state index contributed by atoms with van der Waals surface area (Å²) in [5, 5.41) is 0. The maximum absolute atomic E-state index is 12.5. The third-order valence-electron chi connectivity index (χ3n) is 4.25. The van der Waals surface area contributed by atoms with Crippen LogP contribution in [-0.4, -0.2) is 41.9 Å². The molecule has 2 aliphatic heterocycles.